The predicted molar refractivity (Wildman–Crippen MR) is 102 cm³/mol. The molecule has 0 radical (unpaired) electrons. The Balaban J connectivity index is 2.20. The van der Waals surface area contributed by atoms with Crippen LogP contribution in [-0.2, 0) is 16.4 Å². The normalized spacial score (nSPS) is 19.5. The third-order valence-corrected chi connectivity index (χ3v) is 6.68. The van der Waals surface area contributed by atoms with Gasteiger partial charge in [0.15, 0.2) is 0 Å². The number of carboxylic acids is 1. The molecule has 1 aromatic carbocycles. The molecule has 0 amide bonds. The van der Waals surface area contributed by atoms with Crippen LogP contribution in [0.1, 0.15) is 56.5 Å². The van der Waals surface area contributed by atoms with Gasteiger partial charge >= 0.3 is 5.97 Å². The Morgan fingerprint density at radius 1 is 1.38 bits per heavy atom. The van der Waals surface area contributed by atoms with Crippen LogP contribution in [-0.4, -0.2) is 49.6 Å². The number of piperidine rings is 1. The number of aromatic carboxylic acids is 1. The van der Waals surface area contributed by atoms with Gasteiger partial charge in [-0.2, -0.15) is 0 Å². The molecule has 1 fully saturated rings. The van der Waals surface area contributed by atoms with Gasteiger partial charge in [0.25, 0.3) is 0 Å². The summed E-state index contributed by atoms with van der Waals surface area (Å²) in [5.41, 5.74) is 0.289. The maximum absolute atomic E-state index is 12.9. The van der Waals surface area contributed by atoms with E-state index < -0.39 is 16.0 Å². The highest BCUT2D eigenvalue weighted by atomic mass is 32.2. The van der Waals surface area contributed by atoms with Crippen molar-refractivity contribution in [3.63, 3.8) is 0 Å². The third kappa shape index (κ3) is 4.84. The van der Waals surface area contributed by atoms with Gasteiger partial charge < -0.3 is 5.11 Å². The Morgan fingerprint density at radius 3 is 2.65 bits per heavy atom. The number of hydrogen-bond acceptors (Lipinski definition) is 4. The summed E-state index contributed by atoms with van der Waals surface area (Å²) in [6, 6.07) is 4.27. The standard InChI is InChI=1S/C19H30N2O4S/c1-5-15-8-9-16(18(22)23)11-17(15)26(24,25)20-13-19(3,4)21-10-6-7-14(2)12-21/h8-9,11,14,20H,5-7,10,12-13H2,1-4H3,(H,22,23). The zero-order valence-corrected chi connectivity index (χ0v) is 16.9. The molecule has 1 heterocycles. The average Bonchev–Trinajstić information content (AvgIpc) is 2.59. The van der Waals surface area contributed by atoms with E-state index in [-0.39, 0.29) is 22.5 Å². The summed E-state index contributed by atoms with van der Waals surface area (Å²) >= 11 is 0. The van der Waals surface area contributed by atoms with E-state index in [1.165, 1.54) is 18.6 Å². The third-order valence-electron chi connectivity index (χ3n) is 5.19. The highest BCUT2D eigenvalue weighted by Gasteiger charge is 2.32. The molecule has 0 saturated carbocycles. The van der Waals surface area contributed by atoms with E-state index in [9.17, 15) is 18.3 Å². The lowest BCUT2D eigenvalue weighted by atomic mass is 9.94. The number of rotatable bonds is 7. The second-order valence-electron chi connectivity index (χ2n) is 7.81. The number of benzene rings is 1. The van der Waals surface area contributed by atoms with Crippen LogP contribution in [0, 0.1) is 5.92 Å². The lowest BCUT2D eigenvalue weighted by Crippen LogP contribution is -2.54. The molecule has 2 rings (SSSR count). The molecule has 0 spiro atoms. The fraction of sp³-hybridized carbons (Fsp3) is 0.632. The molecule has 1 aliphatic rings. The van der Waals surface area contributed by atoms with E-state index in [2.05, 4.69) is 16.5 Å². The maximum Gasteiger partial charge on any atom is 0.335 e. The van der Waals surface area contributed by atoms with Crippen molar-refractivity contribution in [3.8, 4) is 0 Å². The Hall–Kier alpha value is -1.44. The summed E-state index contributed by atoms with van der Waals surface area (Å²) in [6.07, 6.45) is 2.85. The molecular formula is C19H30N2O4S. The Bertz CT molecular complexity index is 759. The molecule has 1 aliphatic heterocycles. The monoisotopic (exact) mass is 382 g/mol. The molecule has 1 aromatic rings. The molecule has 7 heteroatoms. The second-order valence-corrected chi connectivity index (χ2v) is 9.55. The zero-order chi connectivity index (χ0) is 19.5. The van der Waals surface area contributed by atoms with Crippen LogP contribution in [0.15, 0.2) is 23.1 Å². The highest BCUT2D eigenvalue weighted by Crippen LogP contribution is 2.24. The van der Waals surface area contributed by atoms with Gasteiger partial charge in [-0.1, -0.05) is 19.9 Å². The lowest BCUT2D eigenvalue weighted by molar-refractivity contribution is 0.0696. The van der Waals surface area contributed by atoms with Gasteiger partial charge in [-0.15, -0.1) is 0 Å². The number of nitrogens with zero attached hydrogens (tertiary/aromatic N) is 1. The van der Waals surface area contributed by atoms with Crippen LogP contribution in [0.4, 0.5) is 0 Å². The zero-order valence-electron chi connectivity index (χ0n) is 16.1. The number of carbonyl (C=O) groups is 1. The molecule has 26 heavy (non-hydrogen) atoms. The van der Waals surface area contributed by atoms with E-state index in [1.807, 2.05) is 20.8 Å². The molecule has 6 nitrogen and oxygen atoms in total. The van der Waals surface area contributed by atoms with Gasteiger partial charge in [-0.25, -0.2) is 17.9 Å². The van der Waals surface area contributed by atoms with E-state index in [0.717, 1.165) is 19.5 Å². The fourth-order valence-corrected chi connectivity index (χ4v) is 4.97. The van der Waals surface area contributed by atoms with Gasteiger partial charge in [-0.3, -0.25) is 4.90 Å². The van der Waals surface area contributed by atoms with Gasteiger partial charge in [0, 0.05) is 18.6 Å². The molecule has 0 bridgehead atoms. The Kier molecular flexibility index (Phi) is 6.47. The van der Waals surface area contributed by atoms with E-state index in [1.54, 1.807) is 6.07 Å². The lowest BCUT2D eigenvalue weighted by Gasteiger charge is -2.43. The minimum atomic E-state index is -3.78. The van der Waals surface area contributed by atoms with Crippen molar-refractivity contribution in [1.29, 1.82) is 0 Å². The topological polar surface area (TPSA) is 86.7 Å². The summed E-state index contributed by atoms with van der Waals surface area (Å²) in [7, 11) is -3.78. The van der Waals surface area contributed by atoms with Crippen LogP contribution in [0.5, 0.6) is 0 Å². The predicted octanol–water partition coefficient (Wildman–Crippen LogP) is 2.74. The molecule has 1 saturated heterocycles. The summed E-state index contributed by atoms with van der Waals surface area (Å²) in [4.78, 5) is 13.6. The summed E-state index contributed by atoms with van der Waals surface area (Å²) in [5.74, 6) is -0.523. The molecule has 0 aliphatic carbocycles. The van der Waals surface area contributed by atoms with Crippen LogP contribution < -0.4 is 4.72 Å². The van der Waals surface area contributed by atoms with Crippen molar-refractivity contribution < 1.29 is 18.3 Å². The number of hydrogen-bond donors (Lipinski definition) is 2. The van der Waals surface area contributed by atoms with Crippen molar-refractivity contribution in [2.75, 3.05) is 19.6 Å². The minimum absolute atomic E-state index is 0.0216. The van der Waals surface area contributed by atoms with Crippen molar-refractivity contribution in [1.82, 2.24) is 9.62 Å². The van der Waals surface area contributed by atoms with Crippen molar-refractivity contribution >= 4 is 16.0 Å². The summed E-state index contributed by atoms with van der Waals surface area (Å²) < 4.78 is 28.4. The summed E-state index contributed by atoms with van der Waals surface area (Å²) in [5, 5.41) is 9.17. The average molecular weight is 383 g/mol. The molecule has 1 atom stereocenters. The van der Waals surface area contributed by atoms with Crippen molar-refractivity contribution in [2.24, 2.45) is 5.92 Å². The van der Waals surface area contributed by atoms with Crippen LogP contribution in [0.3, 0.4) is 0 Å². The quantitative estimate of drug-likeness (QED) is 0.757. The van der Waals surface area contributed by atoms with E-state index in [4.69, 9.17) is 0 Å². The first kappa shape index (κ1) is 20.9. The smallest absolute Gasteiger partial charge is 0.335 e. The first-order valence-corrected chi connectivity index (χ1v) is 10.7. The second kappa shape index (κ2) is 8.06. The fourth-order valence-electron chi connectivity index (χ4n) is 3.43. The molecule has 1 unspecified atom stereocenters. The van der Waals surface area contributed by atoms with Crippen LogP contribution >= 0.6 is 0 Å². The van der Waals surface area contributed by atoms with Gasteiger partial charge in [0.2, 0.25) is 10.0 Å². The first-order chi connectivity index (χ1) is 12.1. The van der Waals surface area contributed by atoms with Gasteiger partial charge in [0.05, 0.1) is 10.5 Å². The Labute approximate surface area is 156 Å². The number of carboxylic acid groups (broad SMARTS) is 1. The van der Waals surface area contributed by atoms with Crippen LogP contribution in [0.2, 0.25) is 0 Å². The number of likely N-dealkylation sites (tertiary alicyclic amines) is 1. The van der Waals surface area contributed by atoms with E-state index in [0.29, 0.717) is 17.9 Å². The minimum Gasteiger partial charge on any atom is -0.478 e. The summed E-state index contributed by atoms with van der Waals surface area (Å²) in [6.45, 7) is 10.4. The van der Waals surface area contributed by atoms with E-state index >= 15 is 0 Å². The van der Waals surface area contributed by atoms with Crippen LogP contribution in [0.25, 0.3) is 0 Å². The maximum atomic E-state index is 12.9. The molecule has 146 valence electrons. The number of aryl methyl sites for hydroxylation is 1. The van der Waals surface area contributed by atoms with Gasteiger partial charge in [0.1, 0.15) is 0 Å². The highest BCUT2D eigenvalue weighted by molar-refractivity contribution is 7.89. The number of nitrogens with one attached hydrogen (secondary N) is 1. The SMILES string of the molecule is CCc1ccc(C(=O)O)cc1S(=O)(=O)NCC(C)(C)N1CCCC(C)C1. The molecular weight excluding hydrogens is 352 g/mol. The van der Waals surface area contributed by atoms with Crippen molar-refractivity contribution in [2.45, 2.75) is 57.4 Å². The Morgan fingerprint density at radius 2 is 2.08 bits per heavy atom. The molecule has 2 N–H and O–H groups in total. The largest absolute Gasteiger partial charge is 0.478 e. The van der Waals surface area contributed by atoms with Crippen molar-refractivity contribution in [3.05, 3.63) is 29.3 Å². The van der Waals surface area contributed by atoms with Gasteiger partial charge in [-0.05, 0) is 63.3 Å². The molecule has 0 aromatic heterocycles. The number of sulfonamides is 1. The first-order valence-electron chi connectivity index (χ1n) is 9.18.